The lowest BCUT2D eigenvalue weighted by atomic mass is 10.2. The Balaban J connectivity index is 1.32. The first-order valence-corrected chi connectivity index (χ1v) is 12.9. The Morgan fingerprint density at radius 3 is 2.61 bits per heavy atom. The van der Waals surface area contributed by atoms with E-state index in [4.69, 9.17) is 14.6 Å². The number of ether oxygens (including phenoxy) is 2. The van der Waals surface area contributed by atoms with Crippen LogP contribution in [0.1, 0.15) is 10.4 Å². The highest BCUT2D eigenvalue weighted by Gasteiger charge is 2.33. The minimum absolute atomic E-state index is 0.0168. The fourth-order valence-electron chi connectivity index (χ4n) is 2.96. The number of rotatable bonds is 6. The highest BCUT2D eigenvalue weighted by Crippen LogP contribution is 2.42. The molecule has 0 saturated heterocycles. The van der Waals surface area contributed by atoms with Gasteiger partial charge in [-0.3, -0.25) is 0 Å². The molecular weight excluding hydrogens is 466 g/mol. The van der Waals surface area contributed by atoms with Gasteiger partial charge in [-0.15, -0.1) is 4.40 Å². The van der Waals surface area contributed by atoms with Crippen LogP contribution in [0, 0.1) is 0 Å². The van der Waals surface area contributed by atoms with E-state index in [0.29, 0.717) is 23.0 Å². The number of thioether (sulfide) groups is 1. The molecule has 2 aliphatic heterocycles. The first-order valence-electron chi connectivity index (χ1n) is 8.97. The third-order valence-electron chi connectivity index (χ3n) is 4.45. The van der Waals surface area contributed by atoms with E-state index in [1.807, 2.05) is 4.90 Å². The van der Waals surface area contributed by atoms with Gasteiger partial charge in [-0.25, -0.2) is 26.8 Å². The molecule has 2 aromatic carbocycles. The Morgan fingerprint density at radius 1 is 1.16 bits per heavy atom. The van der Waals surface area contributed by atoms with Crippen molar-refractivity contribution in [3.8, 4) is 5.75 Å². The Labute approximate surface area is 183 Å². The van der Waals surface area contributed by atoms with Crippen LogP contribution in [0.15, 0.2) is 56.7 Å². The number of amidine groups is 1. The standard InChI is InChI=1S/C18H17N3O7S3/c19-31(25,26)14-4-2-13(3-5-14)27-8-9-28-17(22)12-1-6-15-16(11-12)29-18-20-30(23,24)10-7-21(15)18/h1-6,11H,7-10H2,(H2,19,25,26). The SMILES string of the molecule is NS(=O)(=O)c1ccc(OCCOC(=O)c2ccc3c(c2)SC2=NS(=O)(=O)CCN23)cc1. The summed E-state index contributed by atoms with van der Waals surface area (Å²) in [5.41, 5.74) is 1.13. The van der Waals surface area contributed by atoms with E-state index >= 15 is 0 Å². The number of hydrogen-bond acceptors (Lipinski definition) is 9. The molecule has 0 saturated carbocycles. The van der Waals surface area contributed by atoms with Crippen molar-refractivity contribution in [1.82, 2.24) is 0 Å². The van der Waals surface area contributed by atoms with Gasteiger partial charge in [0.05, 0.1) is 21.9 Å². The van der Waals surface area contributed by atoms with Gasteiger partial charge in [0, 0.05) is 11.4 Å². The molecule has 2 heterocycles. The lowest BCUT2D eigenvalue weighted by Crippen LogP contribution is -2.35. The molecule has 0 bridgehead atoms. The summed E-state index contributed by atoms with van der Waals surface area (Å²) in [5.74, 6) is -0.189. The number of fused-ring (bicyclic) bond motifs is 3. The van der Waals surface area contributed by atoms with E-state index in [1.54, 1.807) is 18.2 Å². The van der Waals surface area contributed by atoms with Gasteiger partial charge >= 0.3 is 5.97 Å². The Morgan fingerprint density at radius 2 is 1.90 bits per heavy atom. The van der Waals surface area contributed by atoms with Gasteiger partial charge in [-0.05, 0) is 54.2 Å². The van der Waals surface area contributed by atoms with Gasteiger partial charge in [0.25, 0.3) is 10.0 Å². The molecule has 0 amide bonds. The molecule has 31 heavy (non-hydrogen) atoms. The molecule has 0 atom stereocenters. The largest absolute Gasteiger partial charge is 0.490 e. The summed E-state index contributed by atoms with van der Waals surface area (Å²) in [7, 11) is -7.22. The third kappa shape index (κ3) is 4.84. The van der Waals surface area contributed by atoms with E-state index in [1.165, 1.54) is 36.0 Å². The smallest absolute Gasteiger partial charge is 0.338 e. The van der Waals surface area contributed by atoms with E-state index in [-0.39, 0.29) is 23.9 Å². The number of nitrogens with zero attached hydrogens (tertiary/aromatic N) is 2. The number of esters is 1. The Hall–Kier alpha value is -2.61. The van der Waals surface area contributed by atoms with Crippen LogP contribution < -0.4 is 14.8 Å². The molecule has 2 aromatic rings. The lowest BCUT2D eigenvalue weighted by molar-refractivity contribution is 0.0450. The van der Waals surface area contributed by atoms with Gasteiger partial charge in [0.1, 0.15) is 19.0 Å². The summed E-state index contributed by atoms with van der Waals surface area (Å²) in [5, 5.41) is 5.42. The summed E-state index contributed by atoms with van der Waals surface area (Å²) >= 11 is 1.19. The molecule has 10 nitrogen and oxygen atoms in total. The highest BCUT2D eigenvalue weighted by atomic mass is 32.2. The number of primary sulfonamides is 1. The number of anilines is 1. The minimum Gasteiger partial charge on any atom is -0.490 e. The van der Waals surface area contributed by atoms with Crippen molar-refractivity contribution in [2.24, 2.45) is 9.54 Å². The van der Waals surface area contributed by atoms with E-state index in [9.17, 15) is 21.6 Å². The average molecular weight is 484 g/mol. The second-order valence-electron chi connectivity index (χ2n) is 6.60. The van der Waals surface area contributed by atoms with Crippen molar-refractivity contribution in [1.29, 1.82) is 0 Å². The molecule has 2 N–H and O–H groups in total. The van der Waals surface area contributed by atoms with E-state index < -0.39 is 26.0 Å². The lowest BCUT2D eigenvalue weighted by Gasteiger charge is -2.22. The molecule has 0 aliphatic carbocycles. The van der Waals surface area contributed by atoms with E-state index in [0.717, 1.165) is 10.6 Å². The molecule has 0 fully saturated rings. The zero-order valence-corrected chi connectivity index (χ0v) is 18.4. The zero-order valence-electron chi connectivity index (χ0n) is 15.9. The topological polar surface area (TPSA) is 145 Å². The quantitative estimate of drug-likeness (QED) is 0.473. The molecule has 0 aromatic heterocycles. The van der Waals surface area contributed by atoms with Crippen molar-refractivity contribution in [3.63, 3.8) is 0 Å². The predicted molar refractivity (Wildman–Crippen MR) is 114 cm³/mol. The van der Waals surface area contributed by atoms with Crippen molar-refractivity contribution in [2.75, 3.05) is 30.4 Å². The maximum atomic E-state index is 12.3. The van der Waals surface area contributed by atoms with Crippen molar-refractivity contribution >= 4 is 48.6 Å². The van der Waals surface area contributed by atoms with Gasteiger partial charge in [0.2, 0.25) is 10.0 Å². The highest BCUT2D eigenvalue weighted by molar-refractivity contribution is 8.15. The number of benzene rings is 2. The van der Waals surface area contributed by atoms with Crippen LogP contribution in [-0.4, -0.2) is 53.5 Å². The Bertz CT molecular complexity index is 1270. The zero-order chi connectivity index (χ0) is 22.2. The molecule has 0 radical (unpaired) electrons. The summed E-state index contributed by atoms with van der Waals surface area (Å²) in [4.78, 5) is 14.8. The number of carbonyl (C=O) groups is 1. The van der Waals surface area contributed by atoms with E-state index in [2.05, 4.69) is 4.40 Å². The molecular formula is C18H17N3O7S3. The summed E-state index contributed by atoms with van der Waals surface area (Å²) in [6.45, 7) is 0.375. The first-order chi connectivity index (χ1) is 14.6. The fourth-order valence-corrected chi connectivity index (χ4v) is 5.77. The normalized spacial score (nSPS) is 16.8. The second-order valence-corrected chi connectivity index (χ2v) is 10.9. The Kier molecular flexibility index (Phi) is 5.68. The van der Waals surface area contributed by atoms with Crippen LogP contribution in [0.25, 0.3) is 0 Å². The molecule has 0 spiro atoms. The monoisotopic (exact) mass is 483 g/mol. The van der Waals surface area contributed by atoms with Crippen molar-refractivity contribution in [2.45, 2.75) is 9.79 Å². The maximum absolute atomic E-state index is 12.3. The van der Waals surface area contributed by atoms with Crippen molar-refractivity contribution < 1.29 is 31.1 Å². The molecule has 0 unspecified atom stereocenters. The molecule has 164 valence electrons. The molecule has 4 rings (SSSR count). The first kappa shape index (κ1) is 21.6. The van der Waals surface area contributed by atoms with Crippen LogP contribution in [0.4, 0.5) is 5.69 Å². The van der Waals surface area contributed by atoms with Gasteiger partial charge < -0.3 is 14.4 Å². The number of sulfonamides is 2. The minimum atomic E-state index is -3.77. The summed E-state index contributed by atoms with van der Waals surface area (Å²) in [6, 6.07) is 10.5. The summed E-state index contributed by atoms with van der Waals surface area (Å²) < 4.78 is 60.2. The van der Waals surface area contributed by atoms with Gasteiger partial charge in [0.15, 0.2) is 5.17 Å². The van der Waals surface area contributed by atoms with Crippen LogP contribution in [0.5, 0.6) is 5.75 Å². The number of nitrogens with two attached hydrogens (primary N) is 1. The van der Waals surface area contributed by atoms with Gasteiger partial charge in [-0.1, -0.05) is 0 Å². The maximum Gasteiger partial charge on any atom is 0.338 e. The van der Waals surface area contributed by atoms with Crippen LogP contribution in [0.2, 0.25) is 0 Å². The third-order valence-corrected chi connectivity index (χ3v) is 7.68. The summed E-state index contributed by atoms with van der Waals surface area (Å²) in [6.07, 6.45) is 0. The second kappa shape index (κ2) is 8.15. The van der Waals surface area contributed by atoms with Crippen molar-refractivity contribution in [3.05, 3.63) is 48.0 Å². The molecule has 13 heteroatoms. The number of hydrogen-bond donors (Lipinski definition) is 1. The van der Waals surface area contributed by atoms with Crippen LogP contribution in [-0.2, 0) is 24.8 Å². The van der Waals surface area contributed by atoms with Crippen LogP contribution in [0.3, 0.4) is 0 Å². The molecule has 2 aliphatic rings. The fraction of sp³-hybridized carbons (Fsp3) is 0.222. The van der Waals surface area contributed by atoms with Gasteiger partial charge in [-0.2, -0.15) is 0 Å². The predicted octanol–water partition coefficient (Wildman–Crippen LogP) is 1.18. The average Bonchev–Trinajstić information content (AvgIpc) is 3.06. The number of carbonyl (C=O) groups excluding carboxylic acids is 1. The van der Waals surface area contributed by atoms with Crippen LogP contribution >= 0.6 is 11.8 Å².